The zero-order valence-corrected chi connectivity index (χ0v) is 19.3. The highest BCUT2D eigenvalue weighted by Crippen LogP contribution is 2.46. The van der Waals surface area contributed by atoms with Crippen LogP contribution in [0.5, 0.6) is 17.2 Å². The molecule has 2 aliphatic rings. The van der Waals surface area contributed by atoms with Crippen LogP contribution in [0.2, 0.25) is 0 Å². The normalized spacial score (nSPS) is 19.3. The van der Waals surface area contributed by atoms with E-state index in [1.54, 1.807) is 36.4 Å². The van der Waals surface area contributed by atoms with Gasteiger partial charge in [0.25, 0.3) is 11.8 Å². The molecule has 1 saturated heterocycles. The predicted molar refractivity (Wildman–Crippen MR) is 122 cm³/mol. The lowest BCUT2D eigenvalue weighted by Gasteiger charge is -2.50. The molecule has 9 heteroatoms. The smallest absolute Gasteiger partial charge is 0.271 e. The number of methoxy groups -OCH3 is 3. The second kappa shape index (κ2) is 8.31. The number of benzene rings is 2. The average Bonchev–Trinajstić information content (AvgIpc) is 3.16. The van der Waals surface area contributed by atoms with E-state index in [2.05, 4.69) is 5.32 Å². The third-order valence-corrected chi connectivity index (χ3v) is 6.10. The highest BCUT2D eigenvalue weighted by molar-refractivity contribution is 6.18. The van der Waals surface area contributed by atoms with E-state index in [9.17, 15) is 14.4 Å². The number of hydrogen-bond donors (Lipinski definition) is 1. The molecule has 0 unspecified atom stereocenters. The number of amides is 3. The fourth-order valence-corrected chi connectivity index (χ4v) is 4.79. The number of ether oxygens (including phenoxy) is 3. The summed E-state index contributed by atoms with van der Waals surface area (Å²) in [6.07, 6.45) is 0.327. The Hall–Kier alpha value is -3.75. The Morgan fingerprint density at radius 1 is 1.03 bits per heavy atom. The number of nitrogens with one attached hydrogen (secondary N) is 1. The second-order valence-electron chi connectivity index (χ2n) is 8.20. The first-order valence-corrected chi connectivity index (χ1v) is 10.7. The van der Waals surface area contributed by atoms with E-state index in [-0.39, 0.29) is 30.7 Å². The number of fused-ring (bicyclic) bond motifs is 3. The van der Waals surface area contributed by atoms with E-state index in [0.29, 0.717) is 34.2 Å². The van der Waals surface area contributed by atoms with E-state index in [1.165, 1.54) is 31.1 Å². The molecule has 0 saturated carbocycles. The van der Waals surface area contributed by atoms with Crippen molar-refractivity contribution < 1.29 is 28.6 Å². The van der Waals surface area contributed by atoms with Crippen molar-refractivity contribution >= 4 is 29.1 Å². The Kier molecular flexibility index (Phi) is 5.65. The molecule has 174 valence electrons. The molecule has 0 aromatic heterocycles. The summed E-state index contributed by atoms with van der Waals surface area (Å²) in [4.78, 5) is 43.5. The monoisotopic (exact) mass is 453 g/mol. The molecule has 3 amide bonds. The van der Waals surface area contributed by atoms with Gasteiger partial charge in [-0.25, -0.2) is 0 Å². The molecule has 2 aromatic rings. The van der Waals surface area contributed by atoms with Gasteiger partial charge < -0.3 is 24.4 Å². The zero-order valence-electron chi connectivity index (χ0n) is 19.3. The van der Waals surface area contributed by atoms with Crippen molar-refractivity contribution in [2.75, 3.05) is 31.5 Å². The molecule has 1 N–H and O–H groups in total. The van der Waals surface area contributed by atoms with Crippen LogP contribution >= 0.6 is 0 Å². The van der Waals surface area contributed by atoms with E-state index < -0.39 is 11.6 Å². The number of hydrogen-bond acceptors (Lipinski definition) is 6. The number of rotatable bonds is 6. The molecule has 0 bridgehead atoms. The highest BCUT2D eigenvalue weighted by atomic mass is 16.5. The topological polar surface area (TPSA) is 97.4 Å². The van der Waals surface area contributed by atoms with Gasteiger partial charge in [0.15, 0.2) is 11.5 Å². The van der Waals surface area contributed by atoms with Gasteiger partial charge in [-0.1, -0.05) is 12.1 Å². The van der Waals surface area contributed by atoms with Crippen LogP contribution in [0, 0.1) is 0 Å². The van der Waals surface area contributed by atoms with Crippen molar-refractivity contribution in [3.63, 3.8) is 0 Å². The molecule has 0 radical (unpaired) electrons. The van der Waals surface area contributed by atoms with Crippen LogP contribution in [0.25, 0.3) is 0 Å². The Balaban J connectivity index is 1.83. The summed E-state index contributed by atoms with van der Waals surface area (Å²) in [5.41, 5.74) is -0.255. The van der Waals surface area contributed by atoms with Crippen LogP contribution in [-0.4, -0.2) is 55.7 Å². The van der Waals surface area contributed by atoms with Gasteiger partial charge in [0, 0.05) is 36.7 Å². The standard InChI is InChI=1S/C24H27N3O6/c1-14(2)26-22(29)16-8-6-7-9-17(16)27-20(28)10-11-24(26,27)23(30)25-15-12-18(31-3)21(33-5)19(13-15)32-4/h6-9,12-14H,10-11H2,1-5H3,(H,25,30)/t24-/m0/s1. The van der Waals surface area contributed by atoms with Crippen LogP contribution < -0.4 is 24.4 Å². The van der Waals surface area contributed by atoms with Gasteiger partial charge in [0.2, 0.25) is 17.3 Å². The summed E-state index contributed by atoms with van der Waals surface area (Å²) in [7, 11) is 4.46. The minimum Gasteiger partial charge on any atom is -0.493 e. The minimum atomic E-state index is -1.49. The van der Waals surface area contributed by atoms with E-state index in [1.807, 2.05) is 13.8 Å². The molecule has 0 aliphatic carbocycles. The quantitative estimate of drug-likeness (QED) is 0.722. The molecule has 1 atom stereocenters. The largest absolute Gasteiger partial charge is 0.493 e. The van der Waals surface area contributed by atoms with Gasteiger partial charge in [0.05, 0.1) is 32.6 Å². The molecule has 2 aliphatic heterocycles. The third kappa shape index (κ3) is 3.26. The lowest BCUT2D eigenvalue weighted by Crippen LogP contribution is -2.70. The zero-order chi connectivity index (χ0) is 23.9. The van der Waals surface area contributed by atoms with Crippen molar-refractivity contribution in [3.8, 4) is 17.2 Å². The molecule has 1 fully saturated rings. The van der Waals surface area contributed by atoms with Crippen LogP contribution in [0.4, 0.5) is 11.4 Å². The van der Waals surface area contributed by atoms with Gasteiger partial charge in [0.1, 0.15) is 0 Å². The fourth-order valence-electron chi connectivity index (χ4n) is 4.79. The van der Waals surface area contributed by atoms with Crippen LogP contribution in [0.3, 0.4) is 0 Å². The number of carbonyl (C=O) groups excluding carboxylic acids is 3. The van der Waals surface area contributed by atoms with Crippen molar-refractivity contribution in [1.29, 1.82) is 0 Å². The van der Waals surface area contributed by atoms with Crippen LogP contribution in [0.15, 0.2) is 36.4 Å². The Labute approximate surface area is 192 Å². The maximum atomic E-state index is 13.9. The Bertz CT molecular complexity index is 1110. The van der Waals surface area contributed by atoms with Gasteiger partial charge in [-0.15, -0.1) is 0 Å². The van der Waals surface area contributed by atoms with Crippen molar-refractivity contribution in [1.82, 2.24) is 4.90 Å². The molecule has 2 heterocycles. The SMILES string of the molecule is COc1cc(NC(=O)[C@]23CCC(=O)N2c2ccccc2C(=O)N3C(C)C)cc(OC)c1OC. The molecule has 4 rings (SSSR count). The molecule has 33 heavy (non-hydrogen) atoms. The number of para-hydroxylation sites is 1. The summed E-state index contributed by atoms with van der Waals surface area (Å²) in [5, 5.41) is 2.89. The van der Waals surface area contributed by atoms with Crippen molar-refractivity contribution in [2.24, 2.45) is 0 Å². The first-order chi connectivity index (χ1) is 15.8. The summed E-state index contributed by atoms with van der Waals surface area (Å²) < 4.78 is 16.1. The number of anilines is 2. The molecular formula is C24H27N3O6. The lowest BCUT2D eigenvalue weighted by molar-refractivity contribution is -0.129. The summed E-state index contributed by atoms with van der Waals surface area (Å²) in [6.45, 7) is 3.67. The minimum absolute atomic E-state index is 0.146. The molecule has 0 spiro atoms. The van der Waals surface area contributed by atoms with E-state index in [0.717, 1.165) is 0 Å². The molecule has 2 aromatic carbocycles. The van der Waals surface area contributed by atoms with E-state index in [4.69, 9.17) is 14.2 Å². The van der Waals surface area contributed by atoms with Gasteiger partial charge in [-0.3, -0.25) is 19.3 Å². The maximum Gasteiger partial charge on any atom is 0.271 e. The maximum absolute atomic E-state index is 13.9. The average molecular weight is 453 g/mol. The molecule has 9 nitrogen and oxygen atoms in total. The van der Waals surface area contributed by atoms with Crippen molar-refractivity contribution in [2.45, 2.75) is 38.4 Å². The predicted octanol–water partition coefficient (Wildman–Crippen LogP) is 3.04. The Morgan fingerprint density at radius 3 is 2.24 bits per heavy atom. The molecular weight excluding hydrogens is 426 g/mol. The van der Waals surface area contributed by atoms with Crippen molar-refractivity contribution in [3.05, 3.63) is 42.0 Å². The lowest BCUT2D eigenvalue weighted by atomic mass is 9.94. The van der Waals surface area contributed by atoms with E-state index >= 15 is 0 Å². The summed E-state index contributed by atoms with van der Waals surface area (Å²) >= 11 is 0. The fraction of sp³-hybridized carbons (Fsp3) is 0.375. The first kappa shape index (κ1) is 22.4. The highest BCUT2D eigenvalue weighted by Gasteiger charge is 2.61. The van der Waals surface area contributed by atoms with Crippen LogP contribution in [0.1, 0.15) is 37.0 Å². The Morgan fingerprint density at radius 2 is 1.67 bits per heavy atom. The number of carbonyl (C=O) groups is 3. The van der Waals surface area contributed by atoms with Crippen LogP contribution in [-0.2, 0) is 9.59 Å². The van der Waals surface area contributed by atoms with Gasteiger partial charge >= 0.3 is 0 Å². The summed E-state index contributed by atoms with van der Waals surface area (Å²) in [5.74, 6) is 0.149. The van der Waals surface area contributed by atoms with Gasteiger partial charge in [-0.05, 0) is 26.0 Å². The third-order valence-electron chi connectivity index (χ3n) is 6.10. The second-order valence-corrected chi connectivity index (χ2v) is 8.20. The van der Waals surface area contributed by atoms with Gasteiger partial charge in [-0.2, -0.15) is 0 Å². The number of nitrogens with zero attached hydrogens (tertiary/aromatic N) is 2. The summed E-state index contributed by atoms with van der Waals surface area (Å²) in [6, 6.07) is 9.77. The first-order valence-electron chi connectivity index (χ1n) is 10.7.